The summed E-state index contributed by atoms with van der Waals surface area (Å²) in [4.78, 5) is 0. The first-order chi connectivity index (χ1) is 11.7. The van der Waals surface area contributed by atoms with E-state index in [1.165, 1.54) is 5.56 Å². The number of hydrogen-bond donors (Lipinski definition) is 1. The predicted molar refractivity (Wildman–Crippen MR) is 98.5 cm³/mol. The van der Waals surface area contributed by atoms with Crippen molar-refractivity contribution in [1.82, 2.24) is 5.01 Å². The molecule has 2 fully saturated rings. The molecule has 1 heterocycles. The quantitative estimate of drug-likeness (QED) is 0.469. The van der Waals surface area contributed by atoms with Gasteiger partial charge in [0.2, 0.25) is 0 Å². The number of hydrogen-bond acceptors (Lipinski definition) is 3. The third-order valence-electron chi connectivity index (χ3n) is 5.37. The average molecular weight is 322 g/mol. The molecule has 1 saturated heterocycles. The third-order valence-corrected chi connectivity index (χ3v) is 5.37. The van der Waals surface area contributed by atoms with Gasteiger partial charge in [-0.25, -0.2) is 0 Å². The van der Waals surface area contributed by atoms with E-state index in [1.54, 1.807) is 0 Å². The number of nitrogens with zero attached hydrogens (tertiary/aromatic N) is 2. The van der Waals surface area contributed by atoms with Crippen LogP contribution in [0.2, 0.25) is 0 Å². The van der Waals surface area contributed by atoms with Crippen molar-refractivity contribution in [3.63, 3.8) is 0 Å². The fourth-order valence-corrected chi connectivity index (χ4v) is 3.92. The minimum absolute atomic E-state index is 0.273. The summed E-state index contributed by atoms with van der Waals surface area (Å²) in [6.07, 6.45) is 12.0. The first kappa shape index (κ1) is 16.8. The van der Waals surface area contributed by atoms with E-state index in [-0.39, 0.29) is 5.41 Å². The lowest BCUT2D eigenvalue weighted by Gasteiger charge is -2.34. The summed E-state index contributed by atoms with van der Waals surface area (Å²) < 4.78 is 0. The highest BCUT2D eigenvalue weighted by atomic mass is 16.3. The summed E-state index contributed by atoms with van der Waals surface area (Å²) in [5.74, 6) is 2.63. The van der Waals surface area contributed by atoms with Crippen molar-refractivity contribution in [2.75, 3.05) is 6.54 Å². The Morgan fingerprint density at radius 2 is 2.25 bits per heavy atom. The first-order valence-electron chi connectivity index (χ1n) is 8.83. The van der Waals surface area contributed by atoms with E-state index in [4.69, 9.17) is 11.5 Å². The summed E-state index contributed by atoms with van der Waals surface area (Å²) >= 11 is 0. The normalized spacial score (nSPS) is 28.6. The average Bonchev–Trinajstić information content (AvgIpc) is 3.25. The molecule has 3 heteroatoms. The van der Waals surface area contributed by atoms with Crippen LogP contribution in [-0.2, 0) is 0 Å². The summed E-state index contributed by atoms with van der Waals surface area (Å²) in [5, 5.41) is 17.8. The zero-order valence-corrected chi connectivity index (χ0v) is 14.2. The van der Waals surface area contributed by atoms with Gasteiger partial charge >= 0.3 is 0 Å². The Balaban J connectivity index is 1.80. The highest BCUT2D eigenvalue weighted by Crippen LogP contribution is 2.46. The van der Waals surface area contributed by atoms with Crippen molar-refractivity contribution in [3.05, 3.63) is 48.6 Å². The van der Waals surface area contributed by atoms with Gasteiger partial charge in [0.05, 0.1) is 18.7 Å². The Bertz CT molecular complexity index is 646. The van der Waals surface area contributed by atoms with Gasteiger partial charge in [-0.1, -0.05) is 36.4 Å². The lowest BCUT2D eigenvalue weighted by molar-refractivity contribution is 0.0702. The van der Waals surface area contributed by atoms with E-state index in [2.05, 4.69) is 41.8 Å². The molecule has 3 atom stereocenters. The standard InChI is InChI=1S/C21H26N2O/c1-3-5-14-21(20(24)10-4-2)15-9-13-19(21)22-23-16-18(23)17-11-7-6-8-12-17/h2-3,6-8,11-12,18,20,24H,1,5,9-10,13-16H2/b22-19+. The van der Waals surface area contributed by atoms with Crippen molar-refractivity contribution >= 4 is 5.71 Å². The monoisotopic (exact) mass is 322 g/mol. The highest BCUT2D eigenvalue weighted by molar-refractivity contribution is 5.92. The van der Waals surface area contributed by atoms with Crippen LogP contribution >= 0.6 is 0 Å². The van der Waals surface area contributed by atoms with Crippen LogP contribution in [0.4, 0.5) is 0 Å². The number of aliphatic hydroxyl groups excluding tert-OH is 1. The number of terminal acetylenes is 1. The fourth-order valence-electron chi connectivity index (χ4n) is 3.92. The van der Waals surface area contributed by atoms with E-state index in [0.29, 0.717) is 12.5 Å². The maximum Gasteiger partial charge on any atom is 0.0912 e. The van der Waals surface area contributed by atoms with Crippen molar-refractivity contribution in [2.45, 2.75) is 50.7 Å². The lowest BCUT2D eigenvalue weighted by Crippen LogP contribution is -2.39. The molecule has 3 unspecified atom stereocenters. The molecule has 2 aliphatic rings. The number of benzene rings is 1. The molecule has 0 radical (unpaired) electrons. The van der Waals surface area contributed by atoms with Crippen LogP contribution in [0, 0.1) is 17.8 Å². The van der Waals surface area contributed by atoms with Gasteiger partial charge in [-0.15, -0.1) is 18.9 Å². The van der Waals surface area contributed by atoms with E-state index in [9.17, 15) is 5.11 Å². The first-order valence-corrected chi connectivity index (χ1v) is 8.83. The summed E-state index contributed by atoms with van der Waals surface area (Å²) in [6, 6.07) is 10.9. The molecule has 24 heavy (non-hydrogen) atoms. The molecule has 0 amide bonds. The molecular formula is C21H26N2O. The highest BCUT2D eigenvalue weighted by Gasteiger charge is 2.46. The Hall–Kier alpha value is -2.05. The molecule has 3 nitrogen and oxygen atoms in total. The van der Waals surface area contributed by atoms with E-state index < -0.39 is 6.10 Å². The van der Waals surface area contributed by atoms with Crippen molar-refractivity contribution in [2.24, 2.45) is 10.5 Å². The molecule has 3 rings (SSSR count). The van der Waals surface area contributed by atoms with E-state index in [1.807, 2.05) is 12.1 Å². The molecule has 0 aromatic heterocycles. The number of allylic oxidation sites excluding steroid dienone is 1. The smallest absolute Gasteiger partial charge is 0.0912 e. The SMILES string of the molecule is C#CCC(O)C1(CCC=C)CCC/C1=N\N1CC1c1ccccc1. The molecule has 1 N–H and O–H groups in total. The molecular weight excluding hydrogens is 296 g/mol. The van der Waals surface area contributed by atoms with Crippen LogP contribution in [0.1, 0.15) is 50.1 Å². The van der Waals surface area contributed by atoms with Crippen molar-refractivity contribution in [1.29, 1.82) is 0 Å². The molecule has 126 valence electrons. The van der Waals surface area contributed by atoms with Gasteiger partial charge in [0, 0.05) is 17.5 Å². The van der Waals surface area contributed by atoms with Crippen LogP contribution in [0.5, 0.6) is 0 Å². The Morgan fingerprint density at radius 1 is 1.46 bits per heavy atom. The van der Waals surface area contributed by atoms with Gasteiger partial charge < -0.3 is 5.11 Å². The van der Waals surface area contributed by atoms with Gasteiger partial charge in [-0.2, -0.15) is 5.10 Å². The topological polar surface area (TPSA) is 35.6 Å². The van der Waals surface area contributed by atoms with Crippen LogP contribution in [0.25, 0.3) is 0 Å². The van der Waals surface area contributed by atoms with Crippen LogP contribution < -0.4 is 0 Å². The molecule has 1 aromatic rings. The van der Waals surface area contributed by atoms with E-state index >= 15 is 0 Å². The zero-order valence-electron chi connectivity index (χ0n) is 14.2. The van der Waals surface area contributed by atoms with Crippen LogP contribution in [0.3, 0.4) is 0 Å². The molecule has 0 spiro atoms. The summed E-state index contributed by atoms with van der Waals surface area (Å²) in [6.45, 7) is 4.79. The second kappa shape index (κ2) is 7.23. The predicted octanol–water partition coefficient (Wildman–Crippen LogP) is 3.92. The van der Waals surface area contributed by atoms with Gasteiger partial charge in [0.1, 0.15) is 0 Å². The number of rotatable bonds is 7. The van der Waals surface area contributed by atoms with Gasteiger partial charge in [-0.3, -0.25) is 5.01 Å². The van der Waals surface area contributed by atoms with Crippen molar-refractivity contribution < 1.29 is 5.11 Å². The molecule has 1 aliphatic carbocycles. The van der Waals surface area contributed by atoms with Gasteiger partial charge in [0.15, 0.2) is 0 Å². The Labute approximate surface area is 145 Å². The Morgan fingerprint density at radius 3 is 2.96 bits per heavy atom. The molecule has 1 aromatic carbocycles. The zero-order chi connectivity index (χ0) is 17.0. The third kappa shape index (κ3) is 3.25. The molecule has 0 bridgehead atoms. The molecule has 1 saturated carbocycles. The minimum atomic E-state index is -0.515. The van der Waals surface area contributed by atoms with Gasteiger partial charge in [0.25, 0.3) is 0 Å². The lowest BCUT2D eigenvalue weighted by atomic mass is 9.74. The number of hydrazone groups is 1. The van der Waals surface area contributed by atoms with E-state index in [0.717, 1.165) is 44.4 Å². The van der Waals surface area contributed by atoms with Crippen LogP contribution in [-0.4, -0.2) is 28.5 Å². The summed E-state index contributed by atoms with van der Waals surface area (Å²) in [7, 11) is 0. The maximum atomic E-state index is 10.7. The Kier molecular flexibility index (Phi) is 5.06. The summed E-state index contributed by atoms with van der Waals surface area (Å²) in [5.41, 5.74) is 2.16. The fraction of sp³-hybridized carbons (Fsp3) is 0.476. The number of aliphatic hydroxyl groups is 1. The largest absolute Gasteiger partial charge is 0.391 e. The second-order valence-corrected chi connectivity index (χ2v) is 6.86. The van der Waals surface area contributed by atoms with Crippen molar-refractivity contribution in [3.8, 4) is 12.3 Å². The molecule has 1 aliphatic heterocycles. The van der Waals surface area contributed by atoms with Crippen LogP contribution in [0.15, 0.2) is 48.1 Å². The van der Waals surface area contributed by atoms with Gasteiger partial charge in [-0.05, 0) is 37.7 Å². The second-order valence-electron chi connectivity index (χ2n) is 6.86. The maximum absolute atomic E-state index is 10.7. The minimum Gasteiger partial charge on any atom is -0.391 e.